The molecule has 10 rings (SSSR count). The van der Waals surface area contributed by atoms with E-state index in [1.54, 1.807) is 131 Å². The zero-order valence-electron chi connectivity index (χ0n) is 52.0. The number of carbonyl (C=O) groups excluding carboxylic acids is 6. The largest absolute Gasteiger partial charge is 0.478 e. The summed E-state index contributed by atoms with van der Waals surface area (Å²) < 4.78 is 31.3. The van der Waals surface area contributed by atoms with E-state index in [4.69, 9.17) is 14.9 Å². The quantitative estimate of drug-likeness (QED) is 0.105. The molecule has 10 aliphatic rings. The van der Waals surface area contributed by atoms with Crippen LogP contribution in [0.2, 0.25) is 0 Å². The Morgan fingerprint density at radius 2 is 0.556 bits per heavy atom. The smallest absolute Gasteiger partial charge is 0.332 e. The SMILES string of the molecule is C1CC2C3CCC(C3)C2C1.C1CC2C3CCC(C3)C2C1.C1CC2CC1C1CC3OC3C21.C=C(C)C(=O)O.C=C(C)C(=O)OC.C=C(C)C(=O)OC.C=C(C)C(=O)OC.C=C(C)C(=O)OC.C=C(C)C(=O)OC.C=C(C)C(=O)OC.CO. The normalized spacial score (nSPS) is 28.3. The first-order valence-electron chi connectivity index (χ1n) is 28.5. The molecule has 0 radical (unpaired) electrons. The molecule has 9 saturated carbocycles. The first-order valence-corrected chi connectivity index (χ1v) is 28.5. The lowest BCUT2D eigenvalue weighted by molar-refractivity contribution is -0.136. The molecular weight excluding hydrogens is 1040 g/mol. The molecule has 14 unspecified atom stereocenters. The fourth-order valence-corrected chi connectivity index (χ4v) is 13.4. The summed E-state index contributed by atoms with van der Waals surface area (Å²) in [6.45, 7) is 34.3. The van der Waals surface area contributed by atoms with Gasteiger partial charge < -0.3 is 43.4 Å². The first kappa shape index (κ1) is 75.4. The van der Waals surface area contributed by atoms with Crippen molar-refractivity contribution in [3.05, 3.63) is 85.1 Å². The van der Waals surface area contributed by atoms with Gasteiger partial charge in [-0.05, 0) is 209 Å². The lowest BCUT2D eigenvalue weighted by Gasteiger charge is -2.25. The predicted octanol–water partition coefficient (Wildman–Crippen LogP) is 12.2. The Balaban J connectivity index is 0.000000883. The van der Waals surface area contributed by atoms with Gasteiger partial charge in [0.1, 0.15) is 0 Å². The Bertz CT molecular complexity index is 1870. The number of carboxylic acid groups (broad SMARTS) is 1. The second-order valence-corrected chi connectivity index (χ2v) is 22.8. The topological polar surface area (TPSA) is 228 Å². The number of hydrogen-bond acceptors (Lipinski definition) is 15. The zero-order valence-corrected chi connectivity index (χ0v) is 52.0. The van der Waals surface area contributed by atoms with Crippen molar-refractivity contribution in [3.63, 3.8) is 0 Å². The van der Waals surface area contributed by atoms with E-state index < -0.39 is 5.97 Å². The highest BCUT2D eigenvalue weighted by Crippen LogP contribution is 2.64. The van der Waals surface area contributed by atoms with Gasteiger partial charge >= 0.3 is 41.8 Å². The van der Waals surface area contributed by atoms with Crippen molar-refractivity contribution in [1.82, 2.24) is 0 Å². The van der Waals surface area contributed by atoms with Gasteiger partial charge in [-0.25, -0.2) is 33.6 Å². The molecule has 16 nitrogen and oxygen atoms in total. The number of fused-ring (bicyclic) bond motifs is 17. The molecule has 460 valence electrons. The van der Waals surface area contributed by atoms with Gasteiger partial charge in [-0.3, -0.25) is 0 Å². The number of hydrogen-bond donors (Lipinski definition) is 2. The molecule has 0 aromatic heterocycles. The maximum atomic E-state index is 10.2. The summed E-state index contributed by atoms with van der Waals surface area (Å²) in [5, 5.41) is 14.9. The van der Waals surface area contributed by atoms with Crippen molar-refractivity contribution >= 4 is 41.8 Å². The number of esters is 6. The molecule has 16 heteroatoms. The van der Waals surface area contributed by atoms with Crippen LogP contribution in [-0.4, -0.2) is 114 Å². The van der Waals surface area contributed by atoms with E-state index >= 15 is 0 Å². The Hall–Kier alpha value is -5.61. The third kappa shape index (κ3) is 25.6. The number of aliphatic hydroxyl groups excluding tert-OH is 1. The van der Waals surface area contributed by atoms with Gasteiger partial charge in [-0.1, -0.05) is 58.9 Å². The van der Waals surface area contributed by atoms with Crippen LogP contribution >= 0.6 is 0 Å². The van der Waals surface area contributed by atoms with Crippen molar-refractivity contribution in [2.24, 2.45) is 71.0 Å². The van der Waals surface area contributed by atoms with Crippen LogP contribution in [-0.2, 0) is 66.7 Å². The second kappa shape index (κ2) is 39.0. The van der Waals surface area contributed by atoms with Crippen LogP contribution in [0.4, 0.5) is 0 Å². The number of methoxy groups -OCH3 is 6. The van der Waals surface area contributed by atoms with Gasteiger partial charge in [-0.15, -0.1) is 0 Å². The van der Waals surface area contributed by atoms with E-state index in [0.717, 1.165) is 43.0 Å². The van der Waals surface area contributed by atoms with Crippen molar-refractivity contribution in [3.8, 4) is 0 Å². The van der Waals surface area contributed by atoms with Gasteiger partial charge in [0.05, 0.1) is 54.9 Å². The average Bonchev–Trinajstić information content (AvgIpc) is 4.30. The van der Waals surface area contributed by atoms with Gasteiger partial charge in [0.25, 0.3) is 0 Å². The van der Waals surface area contributed by atoms with E-state index in [0.29, 0.717) is 33.4 Å². The van der Waals surface area contributed by atoms with Crippen molar-refractivity contribution in [2.45, 2.75) is 163 Å². The maximum absolute atomic E-state index is 10.2. The Labute approximate surface area is 486 Å². The highest BCUT2D eigenvalue weighted by atomic mass is 16.6. The highest BCUT2D eigenvalue weighted by molar-refractivity contribution is 5.88. The number of rotatable bonds is 7. The molecule has 14 atom stereocenters. The summed E-state index contributed by atoms with van der Waals surface area (Å²) in [4.78, 5) is 70.7. The minimum atomic E-state index is -0.935. The summed E-state index contributed by atoms with van der Waals surface area (Å²) in [6.07, 6.45) is 26.6. The second-order valence-electron chi connectivity index (χ2n) is 22.8. The fourth-order valence-electron chi connectivity index (χ4n) is 13.4. The highest BCUT2D eigenvalue weighted by Gasteiger charge is 2.64. The molecule has 6 bridgehead atoms. The van der Waals surface area contributed by atoms with Crippen LogP contribution in [0.1, 0.15) is 151 Å². The molecule has 1 aliphatic heterocycles. The molecule has 9 aliphatic carbocycles. The standard InChI is InChI=1S/C10H14O.2C10H16.6C5H8O2.C4H6O2.CH4O/c1-2-6-3-5(1)7-4-8-10(11-8)9(6)7;2*1-2-9-7-4-5-8(6-7)10(9)3-1;6*1-4(2)5(6)7-3;1-3(2)4(5)6;1-2/h5-10H,1-4H2;2*7-10H,1-6H2;6*1H2,2-3H3;1H2,2H3,(H,5,6);2H,1H3. The number of aliphatic hydroxyl groups is 1. The molecule has 0 aromatic rings. The molecule has 0 spiro atoms. The van der Waals surface area contributed by atoms with Gasteiger partial charge in [0.15, 0.2) is 0 Å². The number of ether oxygens (including phenoxy) is 7. The van der Waals surface area contributed by atoms with Gasteiger partial charge in [-0.2, -0.15) is 0 Å². The third-order valence-corrected chi connectivity index (χ3v) is 16.9. The molecule has 0 amide bonds. The molecular formula is C65H104O16. The van der Waals surface area contributed by atoms with E-state index in [9.17, 15) is 33.6 Å². The molecule has 81 heavy (non-hydrogen) atoms. The fraction of sp³-hybridized carbons (Fsp3) is 0.677. The summed E-state index contributed by atoms with van der Waals surface area (Å²) >= 11 is 0. The predicted molar refractivity (Wildman–Crippen MR) is 316 cm³/mol. The van der Waals surface area contributed by atoms with Gasteiger partial charge in [0, 0.05) is 46.1 Å². The van der Waals surface area contributed by atoms with Crippen LogP contribution in [0.15, 0.2) is 85.1 Å². The van der Waals surface area contributed by atoms with E-state index in [-0.39, 0.29) is 41.4 Å². The van der Waals surface area contributed by atoms with Crippen LogP contribution in [0.5, 0.6) is 0 Å². The number of carboxylic acids is 1. The number of epoxide rings is 1. The lowest BCUT2D eigenvalue weighted by Crippen LogP contribution is -2.22. The Morgan fingerprint density at radius 3 is 0.741 bits per heavy atom. The minimum absolute atomic E-state index is 0.176. The molecule has 1 saturated heterocycles. The van der Waals surface area contributed by atoms with Crippen LogP contribution in [0.25, 0.3) is 0 Å². The van der Waals surface area contributed by atoms with Crippen LogP contribution < -0.4 is 0 Å². The van der Waals surface area contributed by atoms with Crippen molar-refractivity contribution in [2.75, 3.05) is 49.8 Å². The number of aliphatic carboxylic acids is 1. The molecule has 2 N–H and O–H groups in total. The number of carbonyl (C=O) groups is 7. The van der Waals surface area contributed by atoms with Crippen molar-refractivity contribution in [1.29, 1.82) is 0 Å². The zero-order chi connectivity index (χ0) is 62.4. The average molecular weight is 1140 g/mol. The third-order valence-electron chi connectivity index (χ3n) is 16.9. The van der Waals surface area contributed by atoms with Crippen LogP contribution in [0, 0.1) is 71.0 Å². The first-order chi connectivity index (χ1) is 38.1. The molecule has 1 heterocycles. The monoisotopic (exact) mass is 1140 g/mol. The Kier molecular flexibility index (Phi) is 36.3. The maximum Gasteiger partial charge on any atom is 0.332 e. The summed E-state index contributed by atoms with van der Waals surface area (Å²) in [6, 6.07) is 0. The Morgan fingerprint density at radius 1 is 0.346 bits per heavy atom. The summed E-state index contributed by atoms with van der Waals surface area (Å²) in [5.41, 5.74) is 2.77. The van der Waals surface area contributed by atoms with Crippen molar-refractivity contribution < 1.29 is 76.9 Å². The van der Waals surface area contributed by atoms with E-state index in [2.05, 4.69) is 74.5 Å². The van der Waals surface area contributed by atoms with E-state index in [1.807, 2.05) is 0 Å². The summed E-state index contributed by atoms with van der Waals surface area (Å²) in [5.74, 6) is 10.9. The minimum Gasteiger partial charge on any atom is -0.478 e. The summed E-state index contributed by atoms with van der Waals surface area (Å²) in [7, 11) is 8.98. The molecule has 10 fully saturated rings. The van der Waals surface area contributed by atoms with E-state index in [1.165, 1.54) is 110 Å². The molecule has 0 aromatic carbocycles. The lowest BCUT2D eigenvalue weighted by atomic mass is 9.81. The van der Waals surface area contributed by atoms with Crippen LogP contribution in [0.3, 0.4) is 0 Å². The van der Waals surface area contributed by atoms with Gasteiger partial charge in [0.2, 0.25) is 0 Å².